The zero-order valence-electron chi connectivity index (χ0n) is 11.7. The highest BCUT2D eigenvalue weighted by Crippen LogP contribution is 2.10. The lowest BCUT2D eigenvalue weighted by Crippen LogP contribution is -2.39. The third-order valence-corrected chi connectivity index (χ3v) is 3.75. The van der Waals surface area contributed by atoms with Gasteiger partial charge in [-0.1, -0.05) is 37.3 Å². The molecule has 0 aliphatic rings. The molecular weight excluding hydrogens is 268 g/mol. The predicted octanol–water partition coefficient (Wildman–Crippen LogP) is 3.87. The second-order valence-electron chi connectivity index (χ2n) is 4.70. The van der Waals surface area contributed by atoms with Gasteiger partial charge in [0.15, 0.2) is 0 Å². The molecule has 1 heterocycles. The highest BCUT2D eigenvalue weighted by molar-refractivity contribution is 7.07. The monoisotopic (exact) mass is 288 g/mol. The van der Waals surface area contributed by atoms with Crippen molar-refractivity contribution >= 4 is 17.4 Å². The normalized spacial score (nSPS) is 10.2. The lowest BCUT2D eigenvalue weighted by molar-refractivity contribution is 0.194. The second-order valence-corrected chi connectivity index (χ2v) is 5.48. The van der Waals surface area contributed by atoms with Crippen LogP contribution in [0.2, 0.25) is 0 Å². The number of hydrogen-bond donors (Lipinski definition) is 1. The van der Waals surface area contributed by atoms with Gasteiger partial charge in [0.25, 0.3) is 0 Å². The smallest absolute Gasteiger partial charge is 0.317 e. The van der Waals surface area contributed by atoms with Crippen LogP contribution in [0.25, 0.3) is 0 Å². The minimum absolute atomic E-state index is 0.00176. The van der Waals surface area contributed by atoms with E-state index in [1.165, 1.54) is 5.56 Å². The van der Waals surface area contributed by atoms with Crippen LogP contribution in [0.1, 0.15) is 24.5 Å². The number of carbonyl (C=O) groups excluding carboxylic acids is 1. The van der Waals surface area contributed by atoms with Gasteiger partial charge in [0.1, 0.15) is 0 Å². The number of thiophene rings is 1. The van der Waals surface area contributed by atoms with E-state index in [0.717, 1.165) is 18.5 Å². The predicted molar refractivity (Wildman–Crippen MR) is 83.7 cm³/mol. The van der Waals surface area contributed by atoms with Crippen molar-refractivity contribution in [1.82, 2.24) is 10.2 Å². The largest absolute Gasteiger partial charge is 0.334 e. The third-order valence-electron chi connectivity index (χ3n) is 3.02. The van der Waals surface area contributed by atoms with Gasteiger partial charge >= 0.3 is 6.03 Å². The first kappa shape index (κ1) is 14.6. The van der Waals surface area contributed by atoms with Crippen molar-refractivity contribution in [3.63, 3.8) is 0 Å². The standard InChI is InChI=1S/C16H20N2OS/c1-2-9-18(12-15-8-10-20-13-15)16(19)17-11-14-6-4-3-5-7-14/h3-8,10,13H,2,9,11-12H2,1H3,(H,17,19). The van der Waals surface area contributed by atoms with E-state index in [0.29, 0.717) is 13.1 Å². The quantitative estimate of drug-likeness (QED) is 0.860. The minimum atomic E-state index is 0.00176. The molecule has 0 bridgehead atoms. The van der Waals surface area contributed by atoms with Crippen LogP contribution in [0.3, 0.4) is 0 Å². The van der Waals surface area contributed by atoms with Crippen LogP contribution < -0.4 is 5.32 Å². The fourth-order valence-corrected chi connectivity index (χ4v) is 2.67. The van der Waals surface area contributed by atoms with E-state index in [2.05, 4.69) is 23.7 Å². The zero-order chi connectivity index (χ0) is 14.2. The van der Waals surface area contributed by atoms with Crippen molar-refractivity contribution < 1.29 is 4.79 Å². The van der Waals surface area contributed by atoms with Gasteiger partial charge in [-0.25, -0.2) is 4.79 Å². The van der Waals surface area contributed by atoms with Crippen molar-refractivity contribution in [1.29, 1.82) is 0 Å². The van der Waals surface area contributed by atoms with Crippen LogP contribution >= 0.6 is 11.3 Å². The number of rotatable bonds is 6. The molecule has 0 aliphatic heterocycles. The Morgan fingerprint density at radius 1 is 1.20 bits per heavy atom. The lowest BCUT2D eigenvalue weighted by atomic mass is 10.2. The van der Waals surface area contributed by atoms with Gasteiger partial charge in [-0.05, 0) is 34.4 Å². The van der Waals surface area contributed by atoms with E-state index >= 15 is 0 Å². The molecule has 20 heavy (non-hydrogen) atoms. The molecule has 106 valence electrons. The molecule has 0 fully saturated rings. The van der Waals surface area contributed by atoms with Crippen LogP contribution in [-0.4, -0.2) is 17.5 Å². The number of hydrogen-bond acceptors (Lipinski definition) is 2. The first-order valence-electron chi connectivity index (χ1n) is 6.87. The lowest BCUT2D eigenvalue weighted by Gasteiger charge is -2.22. The summed E-state index contributed by atoms with van der Waals surface area (Å²) in [5.74, 6) is 0. The molecular formula is C16H20N2OS. The summed E-state index contributed by atoms with van der Waals surface area (Å²) in [6.07, 6.45) is 0.961. The summed E-state index contributed by atoms with van der Waals surface area (Å²) in [5.41, 5.74) is 2.31. The average molecular weight is 288 g/mol. The number of amides is 2. The highest BCUT2D eigenvalue weighted by Gasteiger charge is 2.12. The Balaban J connectivity index is 1.89. The van der Waals surface area contributed by atoms with Gasteiger partial charge in [0.05, 0.1) is 0 Å². The van der Waals surface area contributed by atoms with E-state index < -0.39 is 0 Å². The molecule has 2 aromatic rings. The highest BCUT2D eigenvalue weighted by atomic mass is 32.1. The van der Waals surface area contributed by atoms with Gasteiger partial charge in [-0.15, -0.1) is 0 Å². The SMILES string of the molecule is CCCN(Cc1ccsc1)C(=O)NCc1ccccc1. The summed E-state index contributed by atoms with van der Waals surface area (Å²) in [6, 6.07) is 12.0. The number of nitrogens with zero attached hydrogens (tertiary/aromatic N) is 1. The third kappa shape index (κ3) is 4.38. The van der Waals surface area contributed by atoms with Crippen LogP contribution in [0.15, 0.2) is 47.2 Å². The summed E-state index contributed by atoms with van der Waals surface area (Å²) in [4.78, 5) is 14.1. The van der Waals surface area contributed by atoms with Gasteiger partial charge < -0.3 is 10.2 Å². The molecule has 1 aromatic carbocycles. The van der Waals surface area contributed by atoms with Crippen molar-refractivity contribution in [3.05, 3.63) is 58.3 Å². The number of carbonyl (C=O) groups is 1. The first-order valence-corrected chi connectivity index (χ1v) is 7.81. The van der Waals surface area contributed by atoms with E-state index in [1.807, 2.05) is 40.6 Å². The van der Waals surface area contributed by atoms with Crippen molar-refractivity contribution in [2.45, 2.75) is 26.4 Å². The molecule has 0 atom stereocenters. The molecule has 3 nitrogen and oxygen atoms in total. The van der Waals surface area contributed by atoms with E-state index in [4.69, 9.17) is 0 Å². The van der Waals surface area contributed by atoms with Crippen LogP contribution in [0, 0.1) is 0 Å². The molecule has 2 amide bonds. The minimum Gasteiger partial charge on any atom is -0.334 e. The van der Waals surface area contributed by atoms with Crippen molar-refractivity contribution in [3.8, 4) is 0 Å². The van der Waals surface area contributed by atoms with Crippen LogP contribution in [0.4, 0.5) is 4.79 Å². The maximum Gasteiger partial charge on any atom is 0.317 e. The Labute approximate surface area is 124 Å². The number of urea groups is 1. The fraction of sp³-hybridized carbons (Fsp3) is 0.312. The Kier molecular flexibility index (Phi) is 5.62. The van der Waals surface area contributed by atoms with Gasteiger partial charge in [-0.2, -0.15) is 11.3 Å². The molecule has 0 aliphatic carbocycles. The molecule has 0 radical (unpaired) electrons. The molecule has 0 saturated carbocycles. The second kappa shape index (κ2) is 7.70. The summed E-state index contributed by atoms with van der Waals surface area (Å²) in [5, 5.41) is 7.12. The Morgan fingerprint density at radius 3 is 2.65 bits per heavy atom. The topological polar surface area (TPSA) is 32.3 Å². The fourth-order valence-electron chi connectivity index (χ4n) is 2.01. The molecule has 0 saturated heterocycles. The summed E-state index contributed by atoms with van der Waals surface area (Å²) < 4.78 is 0. The molecule has 1 N–H and O–H groups in total. The van der Waals surface area contributed by atoms with Gasteiger partial charge in [0.2, 0.25) is 0 Å². The summed E-state index contributed by atoms with van der Waals surface area (Å²) in [6.45, 7) is 4.11. The van der Waals surface area contributed by atoms with Crippen LogP contribution in [-0.2, 0) is 13.1 Å². The van der Waals surface area contributed by atoms with E-state index in [9.17, 15) is 4.79 Å². The number of nitrogens with one attached hydrogen (secondary N) is 1. The van der Waals surface area contributed by atoms with Crippen molar-refractivity contribution in [2.75, 3.05) is 6.54 Å². The maximum atomic E-state index is 12.3. The van der Waals surface area contributed by atoms with Gasteiger partial charge in [0, 0.05) is 19.6 Å². The molecule has 0 spiro atoms. The Bertz CT molecular complexity index is 511. The zero-order valence-corrected chi connectivity index (χ0v) is 12.5. The Hall–Kier alpha value is -1.81. The van der Waals surface area contributed by atoms with Crippen molar-refractivity contribution in [2.24, 2.45) is 0 Å². The van der Waals surface area contributed by atoms with Gasteiger partial charge in [-0.3, -0.25) is 0 Å². The first-order chi connectivity index (χ1) is 9.79. The van der Waals surface area contributed by atoms with Crippen LogP contribution in [0.5, 0.6) is 0 Å². The Morgan fingerprint density at radius 2 is 2.00 bits per heavy atom. The molecule has 1 aromatic heterocycles. The molecule has 0 unspecified atom stereocenters. The molecule has 2 rings (SSSR count). The van der Waals surface area contributed by atoms with E-state index in [-0.39, 0.29) is 6.03 Å². The van der Waals surface area contributed by atoms with E-state index in [1.54, 1.807) is 11.3 Å². The number of benzene rings is 1. The average Bonchev–Trinajstić information content (AvgIpc) is 2.98. The molecule has 4 heteroatoms. The maximum absolute atomic E-state index is 12.3. The summed E-state index contributed by atoms with van der Waals surface area (Å²) in [7, 11) is 0. The summed E-state index contributed by atoms with van der Waals surface area (Å²) >= 11 is 1.66.